The number of hydrogen-bond donors (Lipinski definition) is 1. The number of benzene rings is 1. The molecular formula is C13H17ClN2O4. The van der Waals surface area contributed by atoms with Crippen molar-refractivity contribution in [2.45, 2.75) is 26.2 Å². The fourth-order valence-corrected chi connectivity index (χ4v) is 1.75. The molecule has 0 unspecified atom stereocenters. The molecule has 0 heterocycles. The first-order chi connectivity index (χ1) is 9.54. The number of nitrogens with one attached hydrogen (secondary N) is 1. The highest BCUT2D eigenvalue weighted by Crippen LogP contribution is 2.28. The molecule has 0 saturated carbocycles. The molecule has 1 aromatic rings. The van der Waals surface area contributed by atoms with Crippen LogP contribution in [0.2, 0.25) is 5.02 Å². The minimum Gasteiger partial charge on any atom is -0.482 e. The van der Waals surface area contributed by atoms with Gasteiger partial charge in [-0.25, -0.2) is 0 Å². The molecule has 0 bridgehead atoms. The number of rotatable bonds is 8. The largest absolute Gasteiger partial charge is 0.482 e. The average Bonchev–Trinajstić information content (AvgIpc) is 2.42. The lowest BCUT2D eigenvalue weighted by Gasteiger charge is -2.08. The minimum atomic E-state index is -0.546. The normalized spacial score (nSPS) is 10.1. The molecule has 0 aliphatic carbocycles. The summed E-state index contributed by atoms with van der Waals surface area (Å²) in [6.07, 6.45) is 3.08. The first kappa shape index (κ1) is 16.2. The van der Waals surface area contributed by atoms with Gasteiger partial charge in [-0.2, -0.15) is 0 Å². The molecule has 6 nitrogen and oxygen atoms in total. The summed E-state index contributed by atoms with van der Waals surface area (Å²) in [6.45, 7) is 2.54. The van der Waals surface area contributed by atoms with Crippen molar-refractivity contribution >= 4 is 23.2 Å². The van der Waals surface area contributed by atoms with Crippen LogP contribution >= 0.6 is 11.6 Å². The SMILES string of the molecule is CCCCCNC(=O)COc1ccc([N+](=O)[O-])cc1Cl. The molecule has 1 N–H and O–H groups in total. The summed E-state index contributed by atoms with van der Waals surface area (Å²) in [5, 5.41) is 13.4. The quantitative estimate of drug-likeness (QED) is 0.454. The summed E-state index contributed by atoms with van der Waals surface area (Å²) < 4.78 is 5.22. The zero-order chi connectivity index (χ0) is 15.0. The summed E-state index contributed by atoms with van der Waals surface area (Å²) >= 11 is 5.84. The monoisotopic (exact) mass is 300 g/mol. The van der Waals surface area contributed by atoms with Gasteiger partial charge in [-0.15, -0.1) is 0 Å². The smallest absolute Gasteiger partial charge is 0.271 e. The van der Waals surface area contributed by atoms with Crippen LogP contribution in [0, 0.1) is 10.1 Å². The lowest BCUT2D eigenvalue weighted by atomic mass is 10.2. The van der Waals surface area contributed by atoms with Crippen molar-refractivity contribution in [3.8, 4) is 5.75 Å². The lowest BCUT2D eigenvalue weighted by Crippen LogP contribution is -2.29. The second-order valence-corrected chi connectivity index (χ2v) is 4.62. The Morgan fingerprint density at radius 1 is 1.45 bits per heavy atom. The van der Waals surface area contributed by atoms with Gasteiger partial charge >= 0.3 is 0 Å². The number of nitrogens with zero attached hydrogens (tertiary/aromatic N) is 1. The van der Waals surface area contributed by atoms with E-state index in [0.717, 1.165) is 19.3 Å². The number of unbranched alkanes of at least 4 members (excludes halogenated alkanes) is 2. The standard InChI is InChI=1S/C13H17ClN2O4/c1-2-3-4-7-15-13(17)9-20-12-6-5-10(16(18)19)8-11(12)14/h5-6,8H,2-4,7,9H2,1H3,(H,15,17). The van der Waals surface area contributed by atoms with E-state index >= 15 is 0 Å². The van der Waals surface area contributed by atoms with Gasteiger partial charge in [0, 0.05) is 18.7 Å². The van der Waals surface area contributed by atoms with E-state index in [1.807, 2.05) is 0 Å². The number of halogens is 1. The Bertz CT molecular complexity index is 479. The highest BCUT2D eigenvalue weighted by Gasteiger charge is 2.11. The number of ether oxygens (including phenoxy) is 1. The first-order valence-electron chi connectivity index (χ1n) is 6.38. The molecule has 0 aromatic heterocycles. The summed E-state index contributed by atoms with van der Waals surface area (Å²) in [5.41, 5.74) is -0.119. The Kier molecular flexibility index (Phi) is 6.79. The Hall–Kier alpha value is -1.82. The molecule has 1 rings (SSSR count). The van der Waals surface area contributed by atoms with E-state index in [0.29, 0.717) is 6.54 Å². The van der Waals surface area contributed by atoms with E-state index in [9.17, 15) is 14.9 Å². The molecule has 0 aliphatic rings. The molecule has 0 aliphatic heterocycles. The van der Waals surface area contributed by atoms with Crippen LogP contribution in [0.5, 0.6) is 5.75 Å². The van der Waals surface area contributed by atoms with Gasteiger partial charge in [-0.3, -0.25) is 14.9 Å². The zero-order valence-corrected chi connectivity index (χ0v) is 12.0. The molecule has 0 atom stereocenters. The maximum absolute atomic E-state index is 11.5. The summed E-state index contributed by atoms with van der Waals surface area (Å²) in [4.78, 5) is 21.5. The van der Waals surface area contributed by atoms with E-state index in [4.69, 9.17) is 16.3 Å². The van der Waals surface area contributed by atoms with E-state index in [1.165, 1.54) is 18.2 Å². The number of carbonyl (C=O) groups excluding carboxylic acids is 1. The molecule has 7 heteroatoms. The molecule has 0 radical (unpaired) electrons. The van der Waals surface area contributed by atoms with Gasteiger partial charge < -0.3 is 10.1 Å². The fourth-order valence-electron chi connectivity index (χ4n) is 1.52. The molecule has 110 valence electrons. The van der Waals surface area contributed by atoms with Crippen molar-refractivity contribution in [1.82, 2.24) is 5.32 Å². The third kappa shape index (κ3) is 5.44. The second-order valence-electron chi connectivity index (χ2n) is 4.22. The van der Waals surface area contributed by atoms with Crippen molar-refractivity contribution in [2.75, 3.05) is 13.2 Å². The number of carbonyl (C=O) groups is 1. The molecule has 0 fully saturated rings. The predicted octanol–water partition coefficient (Wildman–Crippen LogP) is 2.93. The maximum Gasteiger partial charge on any atom is 0.271 e. The Morgan fingerprint density at radius 3 is 2.80 bits per heavy atom. The highest BCUT2D eigenvalue weighted by atomic mass is 35.5. The number of amides is 1. The van der Waals surface area contributed by atoms with Crippen LogP contribution in [-0.2, 0) is 4.79 Å². The van der Waals surface area contributed by atoms with E-state index < -0.39 is 4.92 Å². The third-order valence-corrected chi connectivity index (χ3v) is 2.88. The van der Waals surface area contributed by atoms with Gasteiger partial charge in [0.1, 0.15) is 5.75 Å². The summed E-state index contributed by atoms with van der Waals surface area (Å²) in [7, 11) is 0. The van der Waals surface area contributed by atoms with Gasteiger partial charge in [0.15, 0.2) is 6.61 Å². The van der Waals surface area contributed by atoms with Crippen molar-refractivity contribution in [3.63, 3.8) is 0 Å². The van der Waals surface area contributed by atoms with Crippen molar-refractivity contribution < 1.29 is 14.5 Å². The minimum absolute atomic E-state index is 0.109. The highest BCUT2D eigenvalue weighted by molar-refractivity contribution is 6.32. The first-order valence-corrected chi connectivity index (χ1v) is 6.75. The molecule has 1 amide bonds. The molecular weight excluding hydrogens is 284 g/mol. The van der Waals surface area contributed by atoms with Crippen LogP contribution in [0.15, 0.2) is 18.2 Å². The number of nitro groups is 1. The Morgan fingerprint density at radius 2 is 2.20 bits per heavy atom. The Balaban J connectivity index is 2.41. The number of non-ortho nitro benzene ring substituents is 1. The van der Waals surface area contributed by atoms with Crippen LogP contribution < -0.4 is 10.1 Å². The van der Waals surface area contributed by atoms with Gasteiger partial charge in [0.25, 0.3) is 11.6 Å². The number of nitro benzene ring substituents is 1. The second kappa shape index (κ2) is 8.37. The summed E-state index contributed by atoms with van der Waals surface area (Å²) in [6, 6.07) is 3.85. The Labute approximate surface area is 122 Å². The van der Waals surface area contributed by atoms with E-state index in [2.05, 4.69) is 12.2 Å². The van der Waals surface area contributed by atoms with Crippen molar-refractivity contribution in [2.24, 2.45) is 0 Å². The fraction of sp³-hybridized carbons (Fsp3) is 0.462. The molecule has 20 heavy (non-hydrogen) atoms. The number of hydrogen-bond acceptors (Lipinski definition) is 4. The lowest BCUT2D eigenvalue weighted by molar-refractivity contribution is -0.384. The van der Waals surface area contributed by atoms with Crippen molar-refractivity contribution in [3.05, 3.63) is 33.3 Å². The zero-order valence-electron chi connectivity index (χ0n) is 11.2. The van der Waals surface area contributed by atoms with Gasteiger partial charge in [0.2, 0.25) is 0 Å². The van der Waals surface area contributed by atoms with Crippen LogP contribution in [0.4, 0.5) is 5.69 Å². The van der Waals surface area contributed by atoms with Crippen LogP contribution in [-0.4, -0.2) is 24.0 Å². The average molecular weight is 301 g/mol. The van der Waals surface area contributed by atoms with Gasteiger partial charge in [-0.1, -0.05) is 31.4 Å². The van der Waals surface area contributed by atoms with Crippen LogP contribution in [0.25, 0.3) is 0 Å². The molecule has 0 spiro atoms. The van der Waals surface area contributed by atoms with E-state index in [1.54, 1.807) is 0 Å². The molecule has 0 saturated heterocycles. The van der Waals surface area contributed by atoms with E-state index in [-0.39, 0.29) is 29.0 Å². The van der Waals surface area contributed by atoms with Gasteiger partial charge in [-0.05, 0) is 12.5 Å². The van der Waals surface area contributed by atoms with Crippen LogP contribution in [0.3, 0.4) is 0 Å². The third-order valence-electron chi connectivity index (χ3n) is 2.59. The van der Waals surface area contributed by atoms with Crippen molar-refractivity contribution in [1.29, 1.82) is 0 Å². The van der Waals surface area contributed by atoms with Gasteiger partial charge in [0.05, 0.1) is 9.95 Å². The predicted molar refractivity (Wildman–Crippen MR) is 76.1 cm³/mol. The van der Waals surface area contributed by atoms with Crippen LogP contribution in [0.1, 0.15) is 26.2 Å². The maximum atomic E-state index is 11.5. The topological polar surface area (TPSA) is 81.5 Å². The molecule has 1 aromatic carbocycles. The summed E-state index contributed by atoms with van der Waals surface area (Å²) in [5.74, 6) is 0.0106.